The number of ether oxygens (including phenoxy) is 2. The molecule has 0 amide bonds. The predicted molar refractivity (Wildman–Crippen MR) is 71.5 cm³/mol. The van der Waals surface area contributed by atoms with Crippen molar-refractivity contribution in [3.8, 4) is 0 Å². The van der Waals surface area contributed by atoms with Crippen molar-refractivity contribution in [3.63, 3.8) is 0 Å². The van der Waals surface area contributed by atoms with Gasteiger partial charge in [-0.25, -0.2) is 0 Å². The van der Waals surface area contributed by atoms with Crippen molar-refractivity contribution < 1.29 is 14.3 Å². The van der Waals surface area contributed by atoms with Crippen molar-refractivity contribution >= 4 is 5.97 Å². The molecule has 0 aromatic carbocycles. The summed E-state index contributed by atoms with van der Waals surface area (Å²) in [6.45, 7) is 7.42. The van der Waals surface area contributed by atoms with Crippen molar-refractivity contribution in [3.05, 3.63) is 0 Å². The highest BCUT2D eigenvalue weighted by Crippen LogP contribution is 2.29. The van der Waals surface area contributed by atoms with E-state index in [0.29, 0.717) is 13.2 Å². The summed E-state index contributed by atoms with van der Waals surface area (Å²) in [5.74, 6) is 0.638. The second-order valence-corrected chi connectivity index (χ2v) is 5.29. The number of esters is 1. The zero-order valence-electron chi connectivity index (χ0n) is 11.9. The summed E-state index contributed by atoms with van der Waals surface area (Å²) in [6, 6.07) is -0.0963. The first-order chi connectivity index (χ1) is 8.63. The van der Waals surface area contributed by atoms with Crippen LogP contribution in [0.2, 0.25) is 0 Å². The van der Waals surface area contributed by atoms with Crippen LogP contribution in [-0.4, -0.2) is 37.9 Å². The summed E-state index contributed by atoms with van der Waals surface area (Å²) in [7, 11) is 0. The van der Waals surface area contributed by atoms with Crippen LogP contribution in [-0.2, 0) is 14.3 Å². The van der Waals surface area contributed by atoms with E-state index in [4.69, 9.17) is 9.47 Å². The molecular formula is C14H27NO3. The van der Waals surface area contributed by atoms with Crippen LogP contribution in [0.3, 0.4) is 0 Å². The lowest BCUT2D eigenvalue weighted by Gasteiger charge is -2.25. The Hall–Kier alpha value is -0.610. The van der Waals surface area contributed by atoms with Gasteiger partial charge < -0.3 is 14.8 Å². The smallest absolute Gasteiger partial charge is 0.325 e. The van der Waals surface area contributed by atoms with E-state index in [-0.39, 0.29) is 18.1 Å². The molecule has 1 unspecified atom stereocenters. The number of carbonyl (C=O) groups excluding carboxylic acids is 1. The third-order valence-electron chi connectivity index (χ3n) is 3.29. The van der Waals surface area contributed by atoms with Gasteiger partial charge in [0.25, 0.3) is 0 Å². The van der Waals surface area contributed by atoms with E-state index in [1.807, 2.05) is 20.8 Å². The molecule has 0 aromatic heterocycles. The predicted octanol–water partition coefficient (Wildman–Crippen LogP) is 2.12. The third kappa shape index (κ3) is 5.83. The maximum absolute atomic E-state index is 11.7. The molecule has 1 fully saturated rings. The standard InChI is InChI=1S/C14H27NO3/c1-4-18-14(16)13(15-11(2)3)10-17-9-8-12-6-5-7-12/h11-13,15H,4-10H2,1-3H3. The van der Waals surface area contributed by atoms with Crippen molar-refractivity contribution in [1.82, 2.24) is 5.32 Å². The van der Waals surface area contributed by atoms with E-state index < -0.39 is 0 Å². The molecule has 1 atom stereocenters. The minimum Gasteiger partial charge on any atom is -0.465 e. The Labute approximate surface area is 110 Å². The Bertz CT molecular complexity index is 239. The van der Waals surface area contributed by atoms with Crippen molar-refractivity contribution in [2.24, 2.45) is 5.92 Å². The summed E-state index contributed by atoms with van der Waals surface area (Å²) in [5, 5.41) is 3.18. The van der Waals surface area contributed by atoms with Gasteiger partial charge in [-0.1, -0.05) is 33.1 Å². The summed E-state index contributed by atoms with van der Waals surface area (Å²) in [5.41, 5.74) is 0. The largest absolute Gasteiger partial charge is 0.465 e. The molecule has 0 spiro atoms. The van der Waals surface area contributed by atoms with Gasteiger partial charge in [-0.2, -0.15) is 0 Å². The van der Waals surface area contributed by atoms with Crippen LogP contribution < -0.4 is 5.32 Å². The zero-order valence-corrected chi connectivity index (χ0v) is 11.9. The lowest BCUT2D eigenvalue weighted by molar-refractivity contribution is -0.147. The Morgan fingerprint density at radius 3 is 2.61 bits per heavy atom. The van der Waals surface area contributed by atoms with Crippen LogP contribution in [0.5, 0.6) is 0 Å². The molecule has 18 heavy (non-hydrogen) atoms. The lowest BCUT2D eigenvalue weighted by Crippen LogP contribution is -2.45. The highest BCUT2D eigenvalue weighted by atomic mass is 16.5. The summed E-state index contributed by atoms with van der Waals surface area (Å²) >= 11 is 0. The van der Waals surface area contributed by atoms with Crippen LogP contribution in [0.4, 0.5) is 0 Å². The zero-order chi connectivity index (χ0) is 13.4. The monoisotopic (exact) mass is 257 g/mol. The van der Waals surface area contributed by atoms with Gasteiger partial charge >= 0.3 is 5.97 Å². The first kappa shape index (κ1) is 15.4. The number of rotatable bonds is 9. The number of carbonyl (C=O) groups is 1. The fourth-order valence-electron chi connectivity index (χ4n) is 2.06. The molecule has 0 saturated heterocycles. The SMILES string of the molecule is CCOC(=O)C(COCCC1CCC1)NC(C)C. The molecule has 4 nitrogen and oxygen atoms in total. The molecule has 0 radical (unpaired) electrons. The molecular weight excluding hydrogens is 230 g/mol. The highest BCUT2D eigenvalue weighted by molar-refractivity contribution is 5.75. The fourth-order valence-corrected chi connectivity index (χ4v) is 2.06. The normalized spacial score (nSPS) is 17.6. The quantitative estimate of drug-likeness (QED) is 0.508. The first-order valence-corrected chi connectivity index (χ1v) is 7.14. The van der Waals surface area contributed by atoms with Gasteiger partial charge in [-0.05, 0) is 19.3 Å². The second-order valence-electron chi connectivity index (χ2n) is 5.29. The highest BCUT2D eigenvalue weighted by Gasteiger charge is 2.21. The molecule has 1 rings (SSSR count). The molecule has 4 heteroatoms. The van der Waals surface area contributed by atoms with Gasteiger partial charge in [0.05, 0.1) is 13.2 Å². The average Bonchev–Trinajstić information content (AvgIpc) is 2.24. The molecule has 1 aliphatic carbocycles. The lowest BCUT2D eigenvalue weighted by atomic mass is 9.83. The number of nitrogens with one attached hydrogen (secondary N) is 1. The Morgan fingerprint density at radius 1 is 1.39 bits per heavy atom. The van der Waals surface area contributed by atoms with Gasteiger partial charge in [0.1, 0.15) is 6.04 Å². The minimum atomic E-state index is -0.341. The van der Waals surface area contributed by atoms with Gasteiger partial charge in [0.15, 0.2) is 0 Å². The molecule has 1 aliphatic rings. The van der Waals surface area contributed by atoms with E-state index in [9.17, 15) is 4.79 Å². The van der Waals surface area contributed by atoms with Crippen molar-refractivity contribution in [2.75, 3.05) is 19.8 Å². The topological polar surface area (TPSA) is 47.6 Å². The van der Waals surface area contributed by atoms with Crippen LogP contribution in [0, 0.1) is 5.92 Å². The summed E-state index contributed by atoms with van der Waals surface area (Å²) in [6.07, 6.45) is 5.17. The third-order valence-corrected chi connectivity index (χ3v) is 3.29. The summed E-state index contributed by atoms with van der Waals surface area (Å²) in [4.78, 5) is 11.7. The Balaban J connectivity index is 2.19. The van der Waals surface area contributed by atoms with Gasteiger partial charge in [-0.15, -0.1) is 0 Å². The molecule has 0 aromatic rings. The fraction of sp³-hybridized carbons (Fsp3) is 0.929. The van der Waals surface area contributed by atoms with E-state index in [0.717, 1.165) is 18.9 Å². The Kier molecular flexibility index (Phi) is 7.28. The Morgan fingerprint density at radius 2 is 2.11 bits per heavy atom. The van der Waals surface area contributed by atoms with Gasteiger partial charge in [0.2, 0.25) is 0 Å². The van der Waals surface area contributed by atoms with Crippen LogP contribution in [0.1, 0.15) is 46.5 Å². The second kappa shape index (κ2) is 8.48. The minimum absolute atomic E-state index is 0.213. The van der Waals surface area contributed by atoms with Crippen molar-refractivity contribution in [2.45, 2.75) is 58.5 Å². The number of hydrogen-bond donors (Lipinski definition) is 1. The van der Waals surface area contributed by atoms with Crippen molar-refractivity contribution in [1.29, 1.82) is 0 Å². The van der Waals surface area contributed by atoms with E-state index in [2.05, 4.69) is 5.32 Å². The molecule has 0 bridgehead atoms. The van der Waals surface area contributed by atoms with Crippen LogP contribution in [0.25, 0.3) is 0 Å². The molecule has 0 aliphatic heterocycles. The molecule has 1 N–H and O–H groups in total. The molecule has 0 heterocycles. The van der Waals surface area contributed by atoms with E-state index >= 15 is 0 Å². The maximum Gasteiger partial charge on any atom is 0.325 e. The molecule has 1 saturated carbocycles. The van der Waals surface area contributed by atoms with Crippen LogP contribution >= 0.6 is 0 Å². The number of hydrogen-bond acceptors (Lipinski definition) is 4. The van der Waals surface area contributed by atoms with Gasteiger partial charge in [0, 0.05) is 12.6 Å². The van der Waals surface area contributed by atoms with Gasteiger partial charge in [-0.3, -0.25) is 4.79 Å². The molecule has 106 valence electrons. The summed E-state index contributed by atoms with van der Waals surface area (Å²) < 4.78 is 10.6. The average molecular weight is 257 g/mol. The first-order valence-electron chi connectivity index (χ1n) is 7.14. The van der Waals surface area contributed by atoms with E-state index in [1.54, 1.807) is 0 Å². The van der Waals surface area contributed by atoms with E-state index in [1.165, 1.54) is 19.3 Å². The van der Waals surface area contributed by atoms with Crippen LogP contribution in [0.15, 0.2) is 0 Å². The maximum atomic E-state index is 11.7.